The Morgan fingerprint density at radius 1 is 1.21 bits per heavy atom. The largest absolute Gasteiger partial charge is 0.458 e. The van der Waals surface area contributed by atoms with Crippen molar-refractivity contribution in [1.29, 1.82) is 0 Å². The molecule has 2 fully saturated rings. The molecule has 1 saturated carbocycles. The number of hydrogen-bond donors (Lipinski definition) is 1. The van der Waals surface area contributed by atoms with Crippen LogP contribution in [-0.4, -0.2) is 39.9 Å². The van der Waals surface area contributed by atoms with Crippen LogP contribution in [0.4, 0.5) is 4.79 Å². The van der Waals surface area contributed by atoms with E-state index in [-0.39, 0.29) is 17.9 Å². The van der Waals surface area contributed by atoms with Gasteiger partial charge in [-0.25, -0.2) is 9.78 Å². The summed E-state index contributed by atoms with van der Waals surface area (Å²) in [4.78, 5) is 43.4. The van der Waals surface area contributed by atoms with Gasteiger partial charge in [-0.15, -0.1) is 0 Å². The molecule has 4 rings (SSSR count). The minimum Gasteiger partial charge on any atom is -0.458 e. The molecule has 1 aliphatic carbocycles. The number of imide groups is 1. The summed E-state index contributed by atoms with van der Waals surface area (Å²) in [5.74, 6) is 0.494. The van der Waals surface area contributed by atoms with Crippen LogP contribution in [0, 0.1) is 18.3 Å². The van der Waals surface area contributed by atoms with Crippen molar-refractivity contribution in [3.63, 3.8) is 0 Å². The maximum absolute atomic E-state index is 13.1. The van der Waals surface area contributed by atoms with Gasteiger partial charge in [0.15, 0.2) is 0 Å². The predicted molar refractivity (Wildman–Crippen MR) is 121 cm³/mol. The van der Waals surface area contributed by atoms with Gasteiger partial charge in [-0.05, 0) is 56.1 Å². The van der Waals surface area contributed by atoms with Crippen LogP contribution in [-0.2, 0) is 20.9 Å². The Bertz CT molecular complexity index is 1050. The van der Waals surface area contributed by atoms with Gasteiger partial charge < -0.3 is 14.5 Å². The van der Waals surface area contributed by atoms with E-state index >= 15 is 0 Å². The number of esters is 1. The molecule has 1 N–H and O–H groups in total. The number of aryl methyl sites for hydroxylation is 1. The van der Waals surface area contributed by atoms with E-state index in [4.69, 9.17) is 9.15 Å². The van der Waals surface area contributed by atoms with Gasteiger partial charge in [-0.1, -0.05) is 39.0 Å². The highest BCUT2D eigenvalue weighted by Gasteiger charge is 2.53. The molecule has 8 nitrogen and oxygen atoms in total. The van der Waals surface area contributed by atoms with Gasteiger partial charge in [-0.2, -0.15) is 0 Å². The Morgan fingerprint density at radius 3 is 2.52 bits per heavy atom. The molecule has 0 radical (unpaired) electrons. The van der Waals surface area contributed by atoms with Crippen molar-refractivity contribution >= 4 is 17.9 Å². The van der Waals surface area contributed by atoms with Crippen molar-refractivity contribution < 1.29 is 23.5 Å². The molecule has 0 atom stereocenters. The second-order valence-electron chi connectivity index (χ2n) is 10.1. The first-order valence-corrected chi connectivity index (χ1v) is 11.4. The maximum Gasteiger partial charge on any atom is 0.326 e. The summed E-state index contributed by atoms with van der Waals surface area (Å²) in [6.45, 7) is 7.84. The van der Waals surface area contributed by atoms with Crippen LogP contribution < -0.4 is 5.32 Å². The van der Waals surface area contributed by atoms with Crippen molar-refractivity contribution in [1.82, 2.24) is 15.2 Å². The van der Waals surface area contributed by atoms with E-state index in [2.05, 4.69) is 31.1 Å². The van der Waals surface area contributed by atoms with Gasteiger partial charge in [0, 0.05) is 5.56 Å². The molecule has 0 bridgehead atoms. The van der Waals surface area contributed by atoms with E-state index < -0.39 is 24.1 Å². The number of urea groups is 1. The molecule has 2 aliphatic rings. The quantitative estimate of drug-likeness (QED) is 0.537. The van der Waals surface area contributed by atoms with Crippen LogP contribution in [0.25, 0.3) is 11.5 Å². The Hall–Kier alpha value is -3.16. The monoisotopic (exact) mass is 453 g/mol. The number of benzene rings is 1. The normalized spacial score (nSPS) is 23.2. The lowest BCUT2D eigenvalue weighted by molar-refractivity contribution is -0.149. The average molecular weight is 454 g/mol. The standard InChI is InChI=1S/C25H31N3O5/c1-16-19(26-21(33-16)17-8-6-5-7-9-17)15-32-20(29)14-28-22(30)25(27-23(28)31)12-10-18(11-13-25)24(2,3)4/h5-9,18H,10-15H2,1-4H3,(H,27,31). The fraction of sp³-hybridized carbons (Fsp3) is 0.520. The minimum absolute atomic E-state index is 0.0942. The van der Waals surface area contributed by atoms with E-state index in [0.717, 1.165) is 23.3 Å². The molecule has 8 heteroatoms. The van der Waals surface area contributed by atoms with Crippen LogP contribution in [0.2, 0.25) is 0 Å². The topological polar surface area (TPSA) is 102 Å². The molecule has 1 spiro atoms. The molecule has 0 unspecified atom stereocenters. The van der Waals surface area contributed by atoms with Crippen LogP contribution >= 0.6 is 0 Å². The number of carbonyl (C=O) groups is 3. The summed E-state index contributed by atoms with van der Waals surface area (Å²) in [5, 5.41) is 2.85. The summed E-state index contributed by atoms with van der Waals surface area (Å²) in [6, 6.07) is 8.89. The summed E-state index contributed by atoms with van der Waals surface area (Å²) in [5.41, 5.74) is 0.586. The summed E-state index contributed by atoms with van der Waals surface area (Å²) < 4.78 is 11.0. The lowest BCUT2D eigenvalue weighted by Crippen LogP contribution is -2.50. The van der Waals surface area contributed by atoms with E-state index in [0.29, 0.717) is 36.1 Å². The van der Waals surface area contributed by atoms with Crippen molar-refractivity contribution in [2.75, 3.05) is 6.54 Å². The predicted octanol–water partition coefficient (Wildman–Crippen LogP) is 4.22. The van der Waals surface area contributed by atoms with Crippen LogP contribution in [0.3, 0.4) is 0 Å². The van der Waals surface area contributed by atoms with Gasteiger partial charge >= 0.3 is 12.0 Å². The van der Waals surface area contributed by atoms with E-state index in [1.54, 1.807) is 6.92 Å². The number of rotatable bonds is 5. The fourth-order valence-corrected chi connectivity index (χ4v) is 4.73. The van der Waals surface area contributed by atoms with Crippen LogP contribution in [0.5, 0.6) is 0 Å². The zero-order valence-electron chi connectivity index (χ0n) is 19.6. The fourth-order valence-electron chi connectivity index (χ4n) is 4.73. The van der Waals surface area contributed by atoms with Crippen LogP contribution in [0.15, 0.2) is 34.7 Å². The second kappa shape index (κ2) is 8.65. The number of hydrogen-bond acceptors (Lipinski definition) is 6. The zero-order valence-corrected chi connectivity index (χ0v) is 19.6. The smallest absolute Gasteiger partial charge is 0.326 e. The van der Waals surface area contributed by atoms with Gasteiger partial charge in [0.05, 0.1) is 0 Å². The second-order valence-corrected chi connectivity index (χ2v) is 10.1. The van der Waals surface area contributed by atoms with Crippen molar-refractivity contribution in [2.24, 2.45) is 11.3 Å². The number of nitrogens with one attached hydrogen (secondary N) is 1. The van der Waals surface area contributed by atoms with E-state index in [1.807, 2.05) is 30.3 Å². The van der Waals surface area contributed by atoms with Gasteiger partial charge in [0.1, 0.15) is 30.1 Å². The third-order valence-corrected chi connectivity index (χ3v) is 6.88. The SMILES string of the molecule is Cc1oc(-c2ccccc2)nc1COC(=O)CN1C(=O)NC2(CCC(C(C)(C)C)CC2)C1=O. The van der Waals surface area contributed by atoms with Crippen molar-refractivity contribution in [3.8, 4) is 11.5 Å². The average Bonchev–Trinajstić information content (AvgIpc) is 3.25. The minimum atomic E-state index is -0.896. The van der Waals surface area contributed by atoms with Gasteiger partial charge in [-0.3, -0.25) is 14.5 Å². The first-order valence-electron chi connectivity index (χ1n) is 11.4. The Kier molecular flexibility index (Phi) is 6.03. The number of carbonyl (C=O) groups excluding carboxylic acids is 3. The van der Waals surface area contributed by atoms with Crippen LogP contribution in [0.1, 0.15) is 57.9 Å². The molecule has 33 heavy (non-hydrogen) atoms. The molecular weight excluding hydrogens is 422 g/mol. The van der Waals surface area contributed by atoms with Gasteiger partial charge in [0.2, 0.25) is 5.89 Å². The number of ether oxygens (including phenoxy) is 1. The molecule has 2 aromatic rings. The molecule has 1 saturated heterocycles. The summed E-state index contributed by atoms with van der Waals surface area (Å²) in [7, 11) is 0. The lowest BCUT2D eigenvalue weighted by Gasteiger charge is -2.40. The first-order chi connectivity index (χ1) is 15.6. The molecule has 2 heterocycles. The molecule has 1 aliphatic heterocycles. The Balaban J connectivity index is 1.34. The molecular formula is C25H31N3O5. The number of aromatic nitrogens is 1. The van der Waals surface area contributed by atoms with Crippen molar-refractivity contribution in [3.05, 3.63) is 41.8 Å². The Labute approximate surface area is 193 Å². The third-order valence-electron chi connectivity index (χ3n) is 6.88. The molecule has 1 aromatic heterocycles. The third kappa shape index (κ3) is 4.65. The van der Waals surface area contributed by atoms with E-state index in [1.165, 1.54) is 0 Å². The van der Waals surface area contributed by atoms with Crippen molar-refractivity contribution in [2.45, 2.75) is 65.5 Å². The highest BCUT2D eigenvalue weighted by Crippen LogP contribution is 2.43. The molecule has 3 amide bonds. The highest BCUT2D eigenvalue weighted by molar-refractivity contribution is 6.08. The number of nitrogens with zero attached hydrogens (tertiary/aromatic N) is 2. The summed E-state index contributed by atoms with van der Waals surface area (Å²) in [6.07, 6.45) is 2.91. The number of oxazole rings is 1. The zero-order chi connectivity index (χ0) is 23.8. The lowest BCUT2D eigenvalue weighted by atomic mass is 9.67. The maximum atomic E-state index is 13.1. The highest BCUT2D eigenvalue weighted by atomic mass is 16.5. The van der Waals surface area contributed by atoms with E-state index in [9.17, 15) is 14.4 Å². The molecule has 1 aromatic carbocycles. The Morgan fingerprint density at radius 2 is 1.88 bits per heavy atom. The summed E-state index contributed by atoms with van der Waals surface area (Å²) >= 11 is 0. The number of amides is 3. The van der Waals surface area contributed by atoms with Gasteiger partial charge in [0.25, 0.3) is 5.91 Å². The first kappa shape index (κ1) is 23.0. The molecule has 176 valence electrons.